The lowest BCUT2D eigenvalue weighted by molar-refractivity contribution is -0.116. The summed E-state index contributed by atoms with van der Waals surface area (Å²) in [5.41, 5.74) is 4.29. The van der Waals surface area contributed by atoms with Crippen molar-refractivity contribution in [1.82, 2.24) is 10.3 Å². The highest BCUT2D eigenvalue weighted by atomic mass is 32.1. The molecule has 1 amide bonds. The summed E-state index contributed by atoms with van der Waals surface area (Å²) in [7, 11) is 0. The topological polar surface area (TPSA) is 51.2 Å². The first-order valence-electron chi connectivity index (χ1n) is 9.34. The second-order valence-electron chi connectivity index (χ2n) is 6.33. The highest BCUT2D eigenvalue weighted by molar-refractivity contribution is 7.09. The van der Waals surface area contributed by atoms with Gasteiger partial charge >= 0.3 is 0 Å². The minimum absolute atomic E-state index is 0.0940. The van der Waals surface area contributed by atoms with Crippen LogP contribution in [0, 0.1) is 6.92 Å². The van der Waals surface area contributed by atoms with Gasteiger partial charge in [-0.15, -0.1) is 11.3 Å². The number of amides is 1. The highest BCUT2D eigenvalue weighted by Gasteiger charge is 2.02. The number of benzene rings is 2. The number of ether oxygens (including phenoxy) is 1. The van der Waals surface area contributed by atoms with Crippen molar-refractivity contribution in [3.63, 3.8) is 0 Å². The molecule has 144 valence electrons. The Morgan fingerprint density at radius 2 is 1.89 bits per heavy atom. The molecule has 3 aromatic rings. The van der Waals surface area contributed by atoms with Gasteiger partial charge in [0.15, 0.2) is 0 Å². The van der Waals surface area contributed by atoms with E-state index in [-0.39, 0.29) is 5.91 Å². The van der Waals surface area contributed by atoms with Crippen molar-refractivity contribution in [1.29, 1.82) is 0 Å². The molecule has 2 aromatic carbocycles. The SMILES string of the molecule is CCOc1ccc(/C=C/C(=O)NCCc2ccc(-c3csc(C)n3)cc2)cc1. The average Bonchev–Trinajstić information content (AvgIpc) is 3.14. The highest BCUT2D eigenvalue weighted by Crippen LogP contribution is 2.21. The number of nitrogens with one attached hydrogen (secondary N) is 1. The lowest BCUT2D eigenvalue weighted by Crippen LogP contribution is -2.23. The number of carbonyl (C=O) groups is 1. The van der Waals surface area contributed by atoms with E-state index >= 15 is 0 Å². The third kappa shape index (κ3) is 5.79. The molecule has 0 aliphatic heterocycles. The number of hydrogen-bond acceptors (Lipinski definition) is 4. The standard InChI is InChI=1S/C23H24N2O2S/c1-3-27-21-11-6-18(7-12-21)8-13-23(26)24-15-14-19-4-9-20(10-5-19)22-16-28-17(2)25-22/h4-13,16H,3,14-15H2,1-2H3,(H,24,26)/b13-8+. The summed E-state index contributed by atoms with van der Waals surface area (Å²) in [6.45, 7) is 5.20. The molecule has 1 heterocycles. The van der Waals surface area contributed by atoms with Crippen LogP contribution in [0.5, 0.6) is 5.75 Å². The molecule has 3 rings (SSSR count). The lowest BCUT2D eigenvalue weighted by atomic mass is 10.1. The van der Waals surface area contributed by atoms with Crippen LogP contribution >= 0.6 is 11.3 Å². The molecule has 0 bridgehead atoms. The van der Waals surface area contributed by atoms with Gasteiger partial charge in [-0.3, -0.25) is 4.79 Å². The first-order chi connectivity index (χ1) is 13.6. The zero-order valence-corrected chi connectivity index (χ0v) is 17.0. The molecule has 0 unspecified atom stereocenters. The Kier molecular flexibility index (Phi) is 6.98. The molecule has 0 aliphatic carbocycles. The molecule has 0 fully saturated rings. The minimum Gasteiger partial charge on any atom is -0.494 e. The number of thiazole rings is 1. The molecule has 0 saturated carbocycles. The van der Waals surface area contributed by atoms with E-state index < -0.39 is 0 Å². The van der Waals surface area contributed by atoms with Gasteiger partial charge in [0, 0.05) is 23.6 Å². The summed E-state index contributed by atoms with van der Waals surface area (Å²) in [5.74, 6) is 0.739. The van der Waals surface area contributed by atoms with E-state index in [9.17, 15) is 4.79 Å². The monoisotopic (exact) mass is 392 g/mol. The van der Waals surface area contributed by atoms with Crippen LogP contribution < -0.4 is 10.1 Å². The zero-order chi connectivity index (χ0) is 19.8. The Morgan fingerprint density at radius 3 is 2.54 bits per heavy atom. The number of aryl methyl sites for hydroxylation is 1. The van der Waals surface area contributed by atoms with Gasteiger partial charge in [0.05, 0.1) is 17.3 Å². The van der Waals surface area contributed by atoms with Crippen LogP contribution in [-0.4, -0.2) is 24.0 Å². The molecule has 5 heteroatoms. The van der Waals surface area contributed by atoms with Gasteiger partial charge in [-0.2, -0.15) is 0 Å². The molecule has 0 atom stereocenters. The van der Waals surface area contributed by atoms with Crippen LogP contribution in [0.1, 0.15) is 23.1 Å². The van der Waals surface area contributed by atoms with Crippen molar-refractivity contribution in [2.75, 3.05) is 13.2 Å². The molecule has 0 spiro atoms. The van der Waals surface area contributed by atoms with Gasteiger partial charge in [0.2, 0.25) is 5.91 Å². The Bertz CT molecular complexity index is 928. The predicted octanol–water partition coefficient (Wildman–Crippen LogP) is 4.89. The van der Waals surface area contributed by atoms with E-state index in [1.54, 1.807) is 23.5 Å². The number of carbonyl (C=O) groups excluding carboxylic acids is 1. The van der Waals surface area contributed by atoms with Gasteiger partial charge in [0.1, 0.15) is 5.75 Å². The molecule has 1 aromatic heterocycles. The van der Waals surface area contributed by atoms with Crippen molar-refractivity contribution in [3.8, 4) is 17.0 Å². The van der Waals surface area contributed by atoms with Crippen LogP contribution in [0.2, 0.25) is 0 Å². The third-order valence-electron chi connectivity index (χ3n) is 4.20. The van der Waals surface area contributed by atoms with Crippen molar-refractivity contribution < 1.29 is 9.53 Å². The smallest absolute Gasteiger partial charge is 0.244 e. The summed E-state index contributed by atoms with van der Waals surface area (Å²) in [5, 5.41) is 6.06. The van der Waals surface area contributed by atoms with Gasteiger partial charge < -0.3 is 10.1 Å². The second-order valence-corrected chi connectivity index (χ2v) is 7.39. The third-order valence-corrected chi connectivity index (χ3v) is 4.97. The molecule has 0 saturated heterocycles. The van der Waals surface area contributed by atoms with Crippen molar-refractivity contribution >= 4 is 23.3 Å². The molecule has 0 aliphatic rings. The van der Waals surface area contributed by atoms with Crippen LogP contribution in [-0.2, 0) is 11.2 Å². The van der Waals surface area contributed by atoms with Crippen LogP contribution in [0.15, 0.2) is 60.0 Å². The molecular formula is C23H24N2O2S. The maximum atomic E-state index is 12.0. The molecule has 0 radical (unpaired) electrons. The Hall–Kier alpha value is -2.92. The molecule has 28 heavy (non-hydrogen) atoms. The predicted molar refractivity (Wildman–Crippen MR) is 116 cm³/mol. The fourth-order valence-corrected chi connectivity index (χ4v) is 3.36. The van der Waals surface area contributed by atoms with Crippen LogP contribution in [0.25, 0.3) is 17.3 Å². The zero-order valence-electron chi connectivity index (χ0n) is 16.1. The second kappa shape index (κ2) is 9.85. The van der Waals surface area contributed by atoms with Crippen LogP contribution in [0.4, 0.5) is 0 Å². The fourth-order valence-electron chi connectivity index (χ4n) is 2.74. The molecular weight excluding hydrogens is 368 g/mol. The summed E-state index contributed by atoms with van der Waals surface area (Å²) >= 11 is 1.65. The van der Waals surface area contributed by atoms with Crippen molar-refractivity contribution in [2.45, 2.75) is 20.3 Å². The Morgan fingerprint density at radius 1 is 1.14 bits per heavy atom. The van der Waals surface area contributed by atoms with Gasteiger partial charge in [-0.1, -0.05) is 36.4 Å². The van der Waals surface area contributed by atoms with Gasteiger partial charge in [-0.25, -0.2) is 4.98 Å². The van der Waals surface area contributed by atoms with Crippen LogP contribution in [0.3, 0.4) is 0 Å². The average molecular weight is 393 g/mol. The summed E-state index contributed by atoms with van der Waals surface area (Å²) in [6.07, 6.45) is 4.15. The van der Waals surface area contributed by atoms with Gasteiger partial charge in [-0.05, 0) is 49.6 Å². The van der Waals surface area contributed by atoms with Gasteiger partial charge in [0.25, 0.3) is 0 Å². The number of nitrogens with zero attached hydrogens (tertiary/aromatic N) is 1. The molecule has 1 N–H and O–H groups in total. The van der Waals surface area contributed by atoms with E-state index in [1.165, 1.54) is 5.56 Å². The van der Waals surface area contributed by atoms with E-state index in [1.807, 2.05) is 38.1 Å². The Labute approximate surface area is 169 Å². The quantitative estimate of drug-likeness (QED) is 0.555. The number of hydrogen-bond donors (Lipinski definition) is 1. The normalized spacial score (nSPS) is 10.9. The Balaban J connectivity index is 1.44. The van der Waals surface area contributed by atoms with E-state index in [2.05, 4.69) is 39.9 Å². The summed E-state index contributed by atoms with van der Waals surface area (Å²) in [4.78, 5) is 16.5. The largest absolute Gasteiger partial charge is 0.494 e. The molecule has 4 nitrogen and oxygen atoms in total. The van der Waals surface area contributed by atoms with Crippen molar-refractivity contribution in [2.24, 2.45) is 0 Å². The van der Waals surface area contributed by atoms with E-state index in [4.69, 9.17) is 4.74 Å². The number of aromatic nitrogens is 1. The summed E-state index contributed by atoms with van der Waals surface area (Å²) < 4.78 is 5.41. The van der Waals surface area contributed by atoms with E-state index in [0.29, 0.717) is 13.2 Å². The summed E-state index contributed by atoms with van der Waals surface area (Å²) in [6, 6.07) is 16.0. The first-order valence-corrected chi connectivity index (χ1v) is 10.2. The maximum absolute atomic E-state index is 12.0. The number of rotatable bonds is 8. The first kappa shape index (κ1) is 19.8. The fraction of sp³-hybridized carbons (Fsp3) is 0.217. The minimum atomic E-state index is -0.0940. The lowest BCUT2D eigenvalue weighted by Gasteiger charge is -2.04. The van der Waals surface area contributed by atoms with E-state index in [0.717, 1.165) is 34.0 Å². The van der Waals surface area contributed by atoms with Crippen molar-refractivity contribution in [3.05, 3.63) is 76.1 Å². The maximum Gasteiger partial charge on any atom is 0.244 e.